The molecule has 0 unspecified atom stereocenters. The molecule has 3 heteroatoms. The van der Waals surface area contributed by atoms with Gasteiger partial charge in [-0.2, -0.15) is 0 Å². The van der Waals surface area contributed by atoms with Crippen LogP contribution < -0.4 is 0 Å². The summed E-state index contributed by atoms with van der Waals surface area (Å²) in [4.78, 5) is 22.2. The van der Waals surface area contributed by atoms with Crippen LogP contribution in [0.3, 0.4) is 0 Å². The van der Waals surface area contributed by atoms with Gasteiger partial charge in [-0.3, -0.25) is 9.59 Å². The number of hydrogen-bond acceptors (Lipinski definition) is 3. The fourth-order valence-corrected chi connectivity index (χ4v) is 1.55. The van der Waals surface area contributed by atoms with Crippen molar-refractivity contribution in [2.75, 3.05) is 6.61 Å². The van der Waals surface area contributed by atoms with Crippen molar-refractivity contribution in [3.05, 3.63) is 35.4 Å². The van der Waals surface area contributed by atoms with Gasteiger partial charge in [-0.15, -0.1) is 0 Å². The second kappa shape index (κ2) is 6.18. The van der Waals surface area contributed by atoms with Gasteiger partial charge in [0.2, 0.25) is 0 Å². The van der Waals surface area contributed by atoms with Gasteiger partial charge < -0.3 is 4.74 Å². The van der Waals surface area contributed by atoms with E-state index >= 15 is 0 Å². The van der Waals surface area contributed by atoms with E-state index in [1.807, 2.05) is 12.1 Å². The Labute approximate surface area is 102 Å². The molecule has 0 radical (unpaired) electrons. The molecule has 0 saturated carbocycles. The Bertz CT molecular complexity index is 390. The summed E-state index contributed by atoms with van der Waals surface area (Å²) in [5, 5.41) is 0. The number of Topliss-reactive ketones (excluding diaryl/α,β-unsaturated/α-hetero) is 1. The molecule has 0 spiro atoms. The summed E-state index contributed by atoms with van der Waals surface area (Å²) in [6.45, 7) is 5.41. The largest absolute Gasteiger partial charge is 0.457 e. The molecule has 0 fully saturated rings. The lowest BCUT2D eigenvalue weighted by Crippen LogP contribution is -2.11. The van der Waals surface area contributed by atoms with E-state index in [1.54, 1.807) is 12.1 Å². The van der Waals surface area contributed by atoms with Crippen molar-refractivity contribution in [3.8, 4) is 0 Å². The van der Waals surface area contributed by atoms with Crippen LogP contribution in [0.25, 0.3) is 0 Å². The van der Waals surface area contributed by atoms with E-state index in [9.17, 15) is 9.59 Å². The number of ketones is 1. The zero-order valence-electron chi connectivity index (χ0n) is 10.5. The predicted molar refractivity (Wildman–Crippen MR) is 65.9 cm³/mol. The van der Waals surface area contributed by atoms with Gasteiger partial charge in [0.25, 0.3) is 0 Å². The van der Waals surface area contributed by atoms with Gasteiger partial charge in [0.1, 0.15) is 0 Å². The van der Waals surface area contributed by atoms with E-state index in [-0.39, 0.29) is 12.4 Å². The fraction of sp³-hybridized carbons (Fsp3) is 0.429. The quantitative estimate of drug-likeness (QED) is 0.581. The van der Waals surface area contributed by atoms with E-state index in [0.717, 1.165) is 6.42 Å². The number of carbonyl (C=O) groups is 2. The Hall–Kier alpha value is -1.64. The van der Waals surface area contributed by atoms with E-state index < -0.39 is 5.97 Å². The van der Waals surface area contributed by atoms with Crippen LogP contribution in [0.1, 0.15) is 36.7 Å². The predicted octanol–water partition coefficient (Wildman–Crippen LogP) is 2.63. The maximum Gasteiger partial charge on any atom is 0.303 e. The molecule has 0 bridgehead atoms. The summed E-state index contributed by atoms with van der Waals surface area (Å²) in [6, 6.07) is 7.45. The first kappa shape index (κ1) is 13.4. The van der Waals surface area contributed by atoms with Crippen molar-refractivity contribution in [3.63, 3.8) is 0 Å². The van der Waals surface area contributed by atoms with Gasteiger partial charge in [0.15, 0.2) is 12.4 Å². The Morgan fingerprint density at radius 3 is 2.24 bits per heavy atom. The number of ether oxygens (including phenoxy) is 1. The number of carbonyl (C=O) groups excluding carboxylic acids is 2. The lowest BCUT2D eigenvalue weighted by Gasteiger charge is -2.06. The third kappa shape index (κ3) is 4.81. The minimum Gasteiger partial charge on any atom is -0.457 e. The summed E-state index contributed by atoms with van der Waals surface area (Å²) < 4.78 is 4.66. The average Bonchev–Trinajstić information content (AvgIpc) is 2.26. The van der Waals surface area contributed by atoms with E-state index in [0.29, 0.717) is 11.5 Å². The first-order valence-electron chi connectivity index (χ1n) is 5.74. The molecule has 0 N–H and O–H groups in total. The smallest absolute Gasteiger partial charge is 0.303 e. The van der Waals surface area contributed by atoms with Gasteiger partial charge in [-0.05, 0) is 17.9 Å². The first-order chi connectivity index (χ1) is 7.99. The van der Waals surface area contributed by atoms with Crippen molar-refractivity contribution in [1.29, 1.82) is 0 Å². The van der Waals surface area contributed by atoms with Gasteiger partial charge in [0.05, 0.1) is 0 Å². The molecule has 3 nitrogen and oxygen atoms in total. The monoisotopic (exact) mass is 234 g/mol. The molecule has 0 amide bonds. The Morgan fingerprint density at radius 1 is 1.18 bits per heavy atom. The molecule has 1 aromatic carbocycles. The van der Waals surface area contributed by atoms with E-state index in [4.69, 9.17) is 0 Å². The molecule has 1 aromatic rings. The number of esters is 1. The summed E-state index contributed by atoms with van der Waals surface area (Å²) in [5.74, 6) is -0.0105. The maximum absolute atomic E-state index is 11.6. The Kier molecular flexibility index (Phi) is 4.88. The van der Waals surface area contributed by atoms with Crippen molar-refractivity contribution in [1.82, 2.24) is 0 Å². The van der Waals surface area contributed by atoms with E-state index in [2.05, 4.69) is 18.6 Å². The molecule has 0 heterocycles. The normalized spacial score (nSPS) is 10.4. The molecule has 0 aliphatic heterocycles. The van der Waals surface area contributed by atoms with Gasteiger partial charge in [0, 0.05) is 12.5 Å². The van der Waals surface area contributed by atoms with Gasteiger partial charge >= 0.3 is 5.97 Å². The van der Waals surface area contributed by atoms with Crippen LogP contribution in [0.15, 0.2) is 24.3 Å². The molecule has 0 saturated heterocycles. The maximum atomic E-state index is 11.6. The molecule has 0 aliphatic carbocycles. The summed E-state index contributed by atoms with van der Waals surface area (Å²) in [7, 11) is 0. The summed E-state index contributed by atoms with van der Waals surface area (Å²) >= 11 is 0. The number of hydrogen-bond donors (Lipinski definition) is 0. The lowest BCUT2D eigenvalue weighted by molar-refractivity contribution is -0.139. The van der Waals surface area contributed by atoms with Gasteiger partial charge in [-0.25, -0.2) is 0 Å². The third-order valence-corrected chi connectivity index (χ3v) is 2.33. The minimum atomic E-state index is -0.435. The number of benzene rings is 1. The average molecular weight is 234 g/mol. The Morgan fingerprint density at radius 2 is 1.76 bits per heavy atom. The minimum absolute atomic E-state index is 0.170. The van der Waals surface area contributed by atoms with Crippen LogP contribution >= 0.6 is 0 Å². The molecule has 0 aliphatic rings. The van der Waals surface area contributed by atoms with E-state index in [1.165, 1.54) is 12.5 Å². The summed E-state index contributed by atoms with van der Waals surface area (Å²) in [6.07, 6.45) is 0.998. The highest BCUT2D eigenvalue weighted by Gasteiger charge is 2.07. The summed E-state index contributed by atoms with van der Waals surface area (Å²) in [5.41, 5.74) is 1.79. The molecule has 0 aromatic heterocycles. The zero-order chi connectivity index (χ0) is 12.8. The molecule has 1 rings (SSSR count). The Balaban J connectivity index is 2.60. The standard InChI is InChI=1S/C14H18O3/c1-10(2)8-12-4-6-13(7-5-12)14(16)9-17-11(3)15/h4-7,10H,8-9H2,1-3H3. The molecular weight excluding hydrogens is 216 g/mol. The van der Waals surface area contributed by atoms with Crippen LogP contribution in [-0.2, 0) is 16.0 Å². The lowest BCUT2D eigenvalue weighted by atomic mass is 10.0. The second-order valence-corrected chi connectivity index (χ2v) is 4.50. The van der Waals surface area contributed by atoms with Crippen molar-refractivity contribution < 1.29 is 14.3 Å². The molecule has 17 heavy (non-hydrogen) atoms. The molecule has 92 valence electrons. The van der Waals surface area contributed by atoms with Crippen LogP contribution in [-0.4, -0.2) is 18.4 Å². The van der Waals surface area contributed by atoms with Gasteiger partial charge in [-0.1, -0.05) is 38.1 Å². The highest BCUT2D eigenvalue weighted by Crippen LogP contribution is 2.10. The third-order valence-electron chi connectivity index (χ3n) is 2.33. The fourth-order valence-electron chi connectivity index (χ4n) is 1.55. The van der Waals surface area contributed by atoms with Crippen LogP contribution in [0.4, 0.5) is 0 Å². The zero-order valence-corrected chi connectivity index (χ0v) is 10.5. The topological polar surface area (TPSA) is 43.4 Å². The van der Waals surface area contributed by atoms with Crippen LogP contribution in [0, 0.1) is 5.92 Å². The first-order valence-corrected chi connectivity index (χ1v) is 5.74. The van der Waals surface area contributed by atoms with Crippen molar-refractivity contribution >= 4 is 11.8 Å². The van der Waals surface area contributed by atoms with Crippen molar-refractivity contribution in [2.24, 2.45) is 5.92 Å². The SMILES string of the molecule is CC(=O)OCC(=O)c1ccc(CC(C)C)cc1. The van der Waals surface area contributed by atoms with Crippen LogP contribution in [0.2, 0.25) is 0 Å². The van der Waals surface area contributed by atoms with Crippen LogP contribution in [0.5, 0.6) is 0 Å². The molecule has 0 atom stereocenters. The second-order valence-electron chi connectivity index (χ2n) is 4.50. The molecular formula is C14H18O3. The highest BCUT2D eigenvalue weighted by atomic mass is 16.5. The highest BCUT2D eigenvalue weighted by molar-refractivity contribution is 5.97. The number of rotatable bonds is 5. The van der Waals surface area contributed by atoms with Crippen molar-refractivity contribution in [2.45, 2.75) is 27.2 Å².